The van der Waals surface area contributed by atoms with Crippen LogP contribution in [0.5, 0.6) is 0 Å². The van der Waals surface area contributed by atoms with E-state index in [-0.39, 0.29) is 12.1 Å². The van der Waals surface area contributed by atoms with Gasteiger partial charge in [0.25, 0.3) is 0 Å². The van der Waals surface area contributed by atoms with Crippen LogP contribution in [0, 0.1) is 6.92 Å². The topological polar surface area (TPSA) is 71.0 Å². The van der Waals surface area contributed by atoms with Crippen LogP contribution < -0.4 is 10.2 Å². The van der Waals surface area contributed by atoms with E-state index in [0.29, 0.717) is 43.4 Å². The van der Waals surface area contributed by atoms with Crippen LogP contribution in [-0.2, 0) is 9.47 Å². The molecule has 0 radical (unpaired) electrons. The summed E-state index contributed by atoms with van der Waals surface area (Å²) >= 11 is 7.89. The molecule has 1 atom stereocenters. The Morgan fingerprint density at radius 1 is 1.32 bits per heavy atom. The van der Waals surface area contributed by atoms with Gasteiger partial charge in [-0.25, -0.2) is 4.79 Å². The summed E-state index contributed by atoms with van der Waals surface area (Å²) in [6.45, 7) is 8.61. The molecule has 3 aromatic rings. The molecule has 1 aromatic heterocycles. The predicted molar refractivity (Wildman–Crippen MR) is 139 cm³/mol. The van der Waals surface area contributed by atoms with Gasteiger partial charge in [0.1, 0.15) is 0 Å². The fraction of sp³-hybridized carbons (Fsp3) is 0.423. The Kier molecular flexibility index (Phi) is 7.50. The van der Waals surface area contributed by atoms with Crippen LogP contribution in [0.15, 0.2) is 36.4 Å². The third-order valence-electron chi connectivity index (χ3n) is 5.93. The molecule has 0 spiro atoms. The van der Waals surface area contributed by atoms with E-state index in [1.165, 1.54) is 12.0 Å². The number of hydrogen-bond acceptors (Lipinski definition) is 7. The number of nitrogens with one attached hydrogen (secondary N) is 1. The highest BCUT2D eigenvalue weighted by Crippen LogP contribution is 2.41. The van der Waals surface area contributed by atoms with Gasteiger partial charge in [-0.1, -0.05) is 23.7 Å². The Hall–Kier alpha value is -2.16. The molecule has 8 heteroatoms. The molecular formula is C26H31ClN2O4S. The van der Waals surface area contributed by atoms with E-state index in [1.807, 2.05) is 30.3 Å². The zero-order valence-electron chi connectivity index (χ0n) is 20.0. The number of benzene rings is 2. The number of aryl methyl sites for hydroxylation is 1. The van der Waals surface area contributed by atoms with E-state index in [4.69, 9.17) is 21.1 Å². The summed E-state index contributed by atoms with van der Waals surface area (Å²) in [6, 6.07) is 11.9. The fourth-order valence-corrected chi connectivity index (χ4v) is 5.76. The van der Waals surface area contributed by atoms with Crippen molar-refractivity contribution < 1.29 is 19.4 Å². The number of ether oxygens (including phenoxy) is 2. The highest BCUT2D eigenvalue weighted by Gasteiger charge is 2.26. The lowest BCUT2D eigenvalue weighted by Gasteiger charge is -2.36. The summed E-state index contributed by atoms with van der Waals surface area (Å²) in [7, 11) is 1.41. The van der Waals surface area contributed by atoms with Crippen molar-refractivity contribution in [1.82, 2.24) is 5.32 Å². The van der Waals surface area contributed by atoms with E-state index in [2.05, 4.69) is 23.2 Å². The average Bonchev–Trinajstić information content (AvgIpc) is 3.12. The smallest absolute Gasteiger partial charge is 0.339 e. The molecule has 1 aliphatic heterocycles. The molecule has 0 amide bonds. The van der Waals surface area contributed by atoms with Crippen LogP contribution in [-0.4, -0.2) is 62.7 Å². The van der Waals surface area contributed by atoms with Gasteiger partial charge in [-0.3, -0.25) is 0 Å². The van der Waals surface area contributed by atoms with Crippen molar-refractivity contribution in [2.45, 2.75) is 32.5 Å². The number of hydrogen-bond donors (Lipinski definition) is 2. The summed E-state index contributed by atoms with van der Waals surface area (Å²) in [5, 5.41) is 15.0. The van der Waals surface area contributed by atoms with Crippen molar-refractivity contribution in [3.8, 4) is 11.1 Å². The molecule has 182 valence electrons. The second kappa shape index (κ2) is 10.2. The highest BCUT2D eigenvalue weighted by molar-refractivity contribution is 7.19. The molecule has 0 bridgehead atoms. The second-order valence-electron chi connectivity index (χ2n) is 9.28. The first-order chi connectivity index (χ1) is 16.2. The molecule has 0 aliphatic carbocycles. The molecule has 2 N–H and O–H groups in total. The second-order valence-corrected chi connectivity index (χ2v) is 11.0. The van der Waals surface area contributed by atoms with Crippen molar-refractivity contribution in [1.29, 1.82) is 0 Å². The largest absolute Gasteiger partial charge is 0.465 e. The lowest BCUT2D eigenvalue weighted by molar-refractivity contribution is 0.0319. The summed E-state index contributed by atoms with van der Waals surface area (Å²) < 4.78 is 12.2. The van der Waals surface area contributed by atoms with E-state index in [1.54, 1.807) is 25.2 Å². The van der Waals surface area contributed by atoms with Gasteiger partial charge in [0.05, 0.1) is 36.7 Å². The maximum absolute atomic E-state index is 12.8. The van der Waals surface area contributed by atoms with Crippen molar-refractivity contribution in [2.75, 3.05) is 44.8 Å². The number of carbonyl (C=O) groups is 1. The zero-order valence-corrected chi connectivity index (χ0v) is 21.6. The summed E-state index contributed by atoms with van der Waals surface area (Å²) in [6.07, 6.45) is -0.0471. The summed E-state index contributed by atoms with van der Waals surface area (Å²) in [4.78, 5) is 16.2. The number of carbonyl (C=O) groups excluding carboxylic acids is 1. The average molecular weight is 503 g/mol. The Morgan fingerprint density at radius 3 is 2.85 bits per heavy atom. The lowest BCUT2D eigenvalue weighted by Crippen LogP contribution is -2.48. The third kappa shape index (κ3) is 5.56. The minimum atomic E-state index is -0.780. The highest BCUT2D eigenvalue weighted by atomic mass is 35.5. The summed E-state index contributed by atoms with van der Waals surface area (Å²) in [5.41, 5.74) is 2.69. The standard InChI is InChI=1S/C26H31ClN2O4S/c1-16-24(20-7-6-18(27)12-23(20)34-16)17-5-8-22(21(11-17)25(30)32-4)29-9-10-33-19(14-29)13-28-15-26(2,3)31/h5-8,11-12,19,28,31H,9-10,13-15H2,1-4H3/t19-/m1/s1. The van der Waals surface area contributed by atoms with Crippen LogP contribution in [0.25, 0.3) is 21.2 Å². The normalized spacial score (nSPS) is 16.8. The molecule has 2 heterocycles. The van der Waals surface area contributed by atoms with Gasteiger partial charge in [0.2, 0.25) is 0 Å². The first kappa shape index (κ1) is 24.9. The van der Waals surface area contributed by atoms with E-state index >= 15 is 0 Å². The molecule has 1 aliphatic rings. The maximum Gasteiger partial charge on any atom is 0.339 e. The van der Waals surface area contributed by atoms with Gasteiger partial charge >= 0.3 is 5.97 Å². The predicted octanol–water partition coefficient (Wildman–Crippen LogP) is 4.88. The Balaban J connectivity index is 1.63. The zero-order chi connectivity index (χ0) is 24.5. The number of nitrogens with zero attached hydrogens (tertiary/aromatic N) is 1. The number of thiophene rings is 1. The number of anilines is 1. The van der Waals surface area contributed by atoms with E-state index in [9.17, 15) is 9.90 Å². The molecule has 6 nitrogen and oxygen atoms in total. The van der Waals surface area contributed by atoms with Crippen molar-refractivity contribution in [2.24, 2.45) is 0 Å². The van der Waals surface area contributed by atoms with Gasteiger partial charge in [0, 0.05) is 51.7 Å². The molecule has 4 rings (SSSR count). The molecule has 0 saturated carbocycles. The Morgan fingerprint density at radius 2 is 2.12 bits per heavy atom. The van der Waals surface area contributed by atoms with E-state index < -0.39 is 5.60 Å². The van der Waals surface area contributed by atoms with Gasteiger partial charge in [-0.15, -0.1) is 11.3 Å². The van der Waals surface area contributed by atoms with Crippen LogP contribution in [0.1, 0.15) is 29.1 Å². The van der Waals surface area contributed by atoms with Crippen LogP contribution >= 0.6 is 22.9 Å². The first-order valence-electron chi connectivity index (χ1n) is 11.4. The minimum absolute atomic E-state index is 0.0471. The van der Waals surface area contributed by atoms with Crippen LogP contribution in [0.4, 0.5) is 5.69 Å². The van der Waals surface area contributed by atoms with Crippen LogP contribution in [0.3, 0.4) is 0 Å². The quantitative estimate of drug-likeness (QED) is 0.448. The van der Waals surface area contributed by atoms with Crippen molar-refractivity contribution in [3.63, 3.8) is 0 Å². The first-order valence-corrected chi connectivity index (χ1v) is 12.6. The molecule has 1 fully saturated rings. The SMILES string of the molecule is COC(=O)c1cc(-c2c(C)sc3cc(Cl)ccc23)ccc1N1CCO[C@H](CNCC(C)(C)O)C1. The Labute approximate surface area is 209 Å². The number of halogens is 1. The van der Waals surface area contributed by atoms with Crippen molar-refractivity contribution >= 4 is 44.7 Å². The number of methoxy groups -OCH3 is 1. The molecule has 2 aromatic carbocycles. The van der Waals surface area contributed by atoms with Gasteiger partial charge in [0.15, 0.2) is 0 Å². The number of morpholine rings is 1. The number of rotatable bonds is 7. The number of esters is 1. The molecule has 34 heavy (non-hydrogen) atoms. The van der Waals surface area contributed by atoms with Gasteiger partial charge in [-0.05, 0) is 50.6 Å². The van der Waals surface area contributed by atoms with E-state index in [0.717, 1.165) is 26.9 Å². The third-order valence-corrected chi connectivity index (χ3v) is 7.23. The summed E-state index contributed by atoms with van der Waals surface area (Å²) in [5.74, 6) is -0.361. The molecule has 0 unspecified atom stereocenters. The number of aliphatic hydroxyl groups is 1. The lowest BCUT2D eigenvalue weighted by atomic mass is 9.98. The Bertz CT molecular complexity index is 1190. The molecule has 1 saturated heterocycles. The van der Waals surface area contributed by atoms with Gasteiger partial charge in [-0.2, -0.15) is 0 Å². The van der Waals surface area contributed by atoms with Crippen molar-refractivity contribution in [3.05, 3.63) is 51.9 Å². The monoisotopic (exact) mass is 502 g/mol. The van der Waals surface area contributed by atoms with Gasteiger partial charge < -0.3 is 24.8 Å². The fourth-order valence-electron chi connectivity index (χ4n) is 4.39. The molecular weight excluding hydrogens is 472 g/mol. The van der Waals surface area contributed by atoms with Crippen LogP contribution in [0.2, 0.25) is 5.02 Å². The number of fused-ring (bicyclic) bond motifs is 1. The minimum Gasteiger partial charge on any atom is -0.465 e. The maximum atomic E-state index is 12.8.